The van der Waals surface area contributed by atoms with E-state index in [1.54, 1.807) is 30.4 Å². The molecule has 1 aromatic heterocycles. The lowest BCUT2D eigenvalue weighted by molar-refractivity contribution is -0.137. The predicted molar refractivity (Wildman–Crippen MR) is 65.6 cm³/mol. The summed E-state index contributed by atoms with van der Waals surface area (Å²) in [7, 11) is 1.60. The fraction of sp³-hybridized carbons (Fsp3) is 0.231. The Hall–Kier alpha value is -2.30. The van der Waals surface area contributed by atoms with Crippen LogP contribution in [-0.4, -0.2) is 27.7 Å². The molecule has 0 aliphatic carbocycles. The number of hydrogen-bond donors (Lipinski definition) is 1. The molecule has 0 fully saturated rings. The molecular formula is C13H14N2O3. The minimum Gasteiger partial charge on any atom is -0.497 e. The lowest BCUT2D eigenvalue weighted by Gasteiger charge is -2.17. The third-order valence-electron chi connectivity index (χ3n) is 2.75. The van der Waals surface area contributed by atoms with Gasteiger partial charge < -0.3 is 14.4 Å². The van der Waals surface area contributed by atoms with Crippen LogP contribution in [0.4, 0.5) is 0 Å². The normalized spacial score (nSPS) is 12.1. The van der Waals surface area contributed by atoms with Crippen LogP contribution >= 0.6 is 0 Å². The van der Waals surface area contributed by atoms with Gasteiger partial charge >= 0.3 is 5.97 Å². The number of carboxylic acid groups (broad SMARTS) is 1. The van der Waals surface area contributed by atoms with Gasteiger partial charge in [0.2, 0.25) is 0 Å². The third-order valence-corrected chi connectivity index (χ3v) is 2.75. The number of hydrogen-bond acceptors (Lipinski definition) is 3. The number of carboxylic acids is 1. The van der Waals surface area contributed by atoms with Gasteiger partial charge in [-0.1, -0.05) is 12.1 Å². The standard InChI is InChI=1S/C13H14N2O3/c1-18-11-4-2-10(3-5-11)12(8-13(16)17)15-7-6-14-9-15/h2-7,9,12H,8H2,1H3,(H,16,17). The second-order valence-electron chi connectivity index (χ2n) is 3.90. The number of nitrogens with zero attached hydrogens (tertiary/aromatic N) is 2. The maximum atomic E-state index is 10.9. The first-order valence-corrected chi connectivity index (χ1v) is 5.54. The molecule has 0 aliphatic rings. The van der Waals surface area contributed by atoms with Crippen molar-refractivity contribution in [1.29, 1.82) is 0 Å². The average molecular weight is 246 g/mol. The first kappa shape index (κ1) is 12.2. The minimum absolute atomic E-state index is 0.0166. The van der Waals surface area contributed by atoms with E-state index < -0.39 is 5.97 Å². The lowest BCUT2D eigenvalue weighted by atomic mass is 10.0. The van der Waals surface area contributed by atoms with E-state index in [0.717, 1.165) is 11.3 Å². The van der Waals surface area contributed by atoms with Crippen molar-refractivity contribution in [1.82, 2.24) is 9.55 Å². The number of carbonyl (C=O) groups is 1. The molecule has 0 aliphatic heterocycles. The summed E-state index contributed by atoms with van der Waals surface area (Å²) in [5.74, 6) is -0.0945. The van der Waals surface area contributed by atoms with Gasteiger partial charge in [-0.2, -0.15) is 0 Å². The molecule has 1 atom stereocenters. The Balaban J connectivity index is 2.30. The molecule has 1 unspecified atom stereocenters. The number of methoxy groups -OCH3 is 1. The Morgan fingerprint density at radius 2 is 2.17 bits per heavy atom. The highest BCUT2D eigenvalue weighted by Crippen LogP contribution is 2.24. The van der Waals surface area contributed by atoms with Crippen LogP contribution in [0.5, 0.6) is 5.75 Å². The van der Waals surface area contributed by atoms with Gasteiger partial charge in [0.05, 0.1) is 25.9 Å². The van der Waals surface area contributed by atoms with Gasteiger partial charge in [-0.15, -0.1) is 0 Å². The van der Waals surface area contributed by atoms with Crippen LogP contribution in [0.25, 0.3) is 0 Å². The molecule has 0 saturated heterocycles. The zero-order valence-corrected chi connectivity index (χ0v) is 9.98. The second-order valence-corrected chi connectivity index (χ2v) is 3.90. The number of benzene rings is 1. The van der Waals surface area contributed by atoms with E-state index in [-0.39, 0.29) is 12.5 Å². The number of imidazole rings is 1. The van der Waals surface area contributed by atoms with Gasteiger partial charge in [0.15, 0.2) is 0 Å². The molecule has 1 aromatic carbocycles. The number of aromatic nitrogens is 2. The Bertz CT molecular complexity index is 506. The molecule has 94 valence electrons. The maximum absolute atomic E-state index is 10.9. The zero-order valence-electron chi connectivity index (χ0n) is 9.98. The van der Waals surface area contributed by atoms with Crippen LogP contribution in [0.2, 0.25) is 0 Å². The van der Waals surface area contributed by atoms with Crippen LogP contribution in [0, 0.1) is 0 Å². The van der Waals surface area contributed by atoms with Crippen molar-refractivity contribution < 1.29 is 14.6 Å². The van der Waals surface area contributed by atoms with E-state index in [9.17, 15) is 4.79 Å². The quantitative estimate of drug-likeness (QED) is 0.875. The molecule has 1 heterocycles. The number of aliphatic carboxylic acids is 1. The molecule has 0 bridgehead atoms. The largest absolute Gasteiger partial charge is 0.497 e. The van der Waals surface area contributed by atoms with Gasteiger partial charge in [0.25, 0.3) is 0 Å². The van der Waals surface area contributed by atoms with Gasteiger partial charge in [0, 0.05) is 12.4 Å². The predicted octanol–water partition coefficient (Wildman–Crippen LogP) is 1.96. The van der Waals surface area contributed by atoms with Crippen LogP contribution in [0.1, 0.15) is 18.0 Å². The van der Waals surface area contributed by atoms with Crippen molar-refractivity contribution >= 4 is 5.97 Å². The molecule has 2 rings (SSSR count). The molecule has 18 heavy (non-hydrogen) atoms. The summed E-state index contributed by atoms with van der Waals surface area (Å²) in [6, 6.07) is 7.12. The van der Waals surface area contributed by atoms with Crippen molar-refractivity contribution in [3.8, 4) is 5.75 Å². The Morgan fingerprint density at radius 1 is 1.44 bits per heavy atom. The highest BCUT2D eigenvalue weighted by molar-refractivity contribution is 5.68. The molecule has 0 amide bonds. The first-order chi connectivity index (χ1) is 8.70. The van der Waals surface area contributed by atoms with Crippen LogP contribution in [0.3, 0.4) is 0 Å². The molecule has 5 nitrogen and oxygen atoms in total. The second kappa shape index (κ2) is 5.35. The van der Waals surface area contributed by atoms with E-state index >= 15 is 0 Å². The van der Waals surface area contributed by atoms with Crippen molar-refractivity contribution in [2.45, 2.75) is 12.5 Å². The fourth-order valence-electron chi connectivity index (χ4n) is 1.84. The number of rotatable bonds is 5. The molecule has 0 saturated carbocycles. The Labute approximate surface area is 105 Å². The summed E-state index contributed by atoms with van der Waals surface area (Å²) in [6.07, 6.45) is 5.04. The Morgan fingerprint density at radius 3 is 2.67 bits per heavy atom. The van der Waals surface area contributed by atoms with Crippen LogP contribution < -0.4 is 4.74 Å². The zero-order chi connectivity index (χ0) is 13.0. The molecule has 1 N–H and O–H groups in total. The van der Waals surface area contributed by atoms with Gasteiger partial charge in [-0.25, -0.2) is 4.98 Å². The maximum Gasteiger partial charge on any atom is 0.305 e. The molecule has 0 spiro atoms. The minimum atomic E-state index is -0.843. The van der Waals surface area contributed by atoms with Gasteiger partial charge in [0.1, 0.15) is 5.75 Å². The van der Waals surface area contributed by atoms with Crippen LogP contribution in [0.15, 0.2) is 43.0 Å². The topological polar surface area (TPSA) is 64.3 Å². The van der Waals surface area contributed by atoms with Gasteiger partial charge in [-0.05, 0) is 17.7 Å². The van der Waals surface area contributed by atoms with Crippen molar-refractivity contribution in [2.75, 3.05) is 7.11 Å². The summed E-state index contributed by atoms with van der Waals surface area (Å²) in [6.45, 7) is 0. The van der Waals surface area contributed by atoms with E-state index in [1.165, 1.54) is 0 Å². The van der Waals surface area contributed by atoms with Crippen molar-refractivity contribution in [3.05, 3.63) is 48.5 Å². The molecule has 2 aromatic rings. The van der Waals surface area contributed by atoms with E-state index in [0.29, 0.717) is 0 Å². The van der Waals surface area contributed by atoms with Crippen LogP contribution in [-0.2, 0) is 4.79 Å². The smallest absolute Gasteiger partial charge is 0.305 e. The SMILES string of the molecule is COc1ccc(C(CC(=O)O)n2ccnc2)cc1. The monoisotopic (exact) mass is 246 g/mol. The summed E-state index contributed by atoms with van der Waals surface area (Å²) >= 11 is 0. The van der Waals surface area contributed by atoms with E-state index in [1.807, 2.05) is 24.3 Å². The fourth-order valence-corrected chi connectivity index (χ4v) is 1.84. The number of ether oxygens (including phenoxy) is 1. The van der Waals surface area contributed by atoms with Crippen molar-refractivity contribution in [2.24, 2.45) is 0 Å². The third kappa shape index (κ3) is 2.68. The van der Waals surface area contributed by atoms with Crippen molar-refractivity contribution in [3.63, 3.8) is 0 Å². The molecular weight excluding hydrogens is 232 g/mol. The summed E-state index contributed by atoms with van der Waals surface area (Å²) < 4.78 is 6.87. The molecule has 5 heteroatoms. The molecule has 0 radical (unpaired) electrons. The summed E-state index contributed by atoms with van der Waals surface area (Å²) in [5, 5.41) is 8.99. The lowest BCUT2D eigenvalue weighted by Crippen LogP contribution is -2.13. The van der Waals surface area contributed by atoms with E-state index in [4.69, 9.17) is 9.84 Å². The average Bonchev–Trinajstić information content (AvgIpc) is 2.89. The highest BCUT2D eigenvalue weighted by Gasteiger charge is 2.16. The van der Waals surface area contributed by atoms with Gasteiger partial charge in [-0.3, -0.25) is 4.79 Å². The van der Waals surface area contributed by atoms with E-state index in [2.05, 4.69) is 4.98 Å². The summed E-state index contributed by atoms with van der Waals surface area (Å²) in [5.41, 5.74) is 0.913. The summed E-state index contributed by atoms with van der Waals surface area (Å²) in [4.78, 5) is 14.9. The highest BCUT2D eigenvalue weighted by atomic mass is 16.5. The Kier molecular flexibility index (Phi) is 3.62. The first-order valence-electron chi connectivity index (χ1n) is 5.54.